The van der Waals surface area contributed by atoms with Crippen molar-refractivity contribution in [1.82, 2.24) is 0 Å². The van der Waals surface area contributed by atoms with Gasteiger partial charge in [0.05, 0.1) is 0 Å². The standard InChI is InChI=1S/C13H24/c1-7-12-8-13(12,11(12,5)6)10(4)9(2)3/h9-10H,7-8H2,1-6H3. The first-order chi connectivity index (χ1) is 5.87. The molecule has 0 aromatic heterocycles. The molecule has 0 heterocycles. The Morgan fingerprint density at radius 3 is 1.92 bits per heavy atom. The van der Waals surface area contributed by atoms with Gasteiger partial charge in [0.15, 0.2) is 0 Å². The van der Waals surface area contributed by atoms with Gasteiger partial charge in [-0.1, -0.05) is 41.5 Å². The van der Waals surface area contributed by atoms with Crippen LogP contribution in [0.1, 0.15) is 54.4 Å². The molecule has 0 aromatic rings. The van der Waals surface area contributed by atoms with Crippen LogP contribution in [0.25, 0.3) is 0 Å². The summed E-state index contributed by atoms with van der Waals surface area (Å²) in [5, 5.41) is 0. The van der Waals surface area contributed by atoms with Crippen LogP contribution in [-0.4, -0.2) is 0 Å². The Bertz CT molecular complexity index is 238. The van der Waals surface area contributed by atoms with Crippen LogP contribution < -0.4 is 0 Å². The van der Waals surface area contributed by atoms with Crippen molar-refractivity contribution in [1.29, 1.82) is 0 Å². The Kier molecular flexibility index (Phi) is 1.58. The summed E-state index contributed by atoms with van der Waals surface area (Å²) >= 11 is 0. The van der Waals surface area contributed by atoms with Crippen molar-refractivity contribution in [2.75, 3.05) is 0 Å². The lowest BCUT2D eigenvalue weighted by Gasteiger charge is -2.27. The molecule has 0 aromatic carbocycles. The van der Waals surface area contributed by atoms with Crippen LogP contribution in [0.4, 0.5) is 0 Å². The maximum Gasteiger partial charge on any atom is -0.0145 e. The van der Waals surface area contributed by atoms with Gasteiger partial charge < -0.3 is 0 Å². The molecule has 0 spiro atoms. The SMILES string of the molecule is CCC12CC1(C(C)C(C)C)C2(C)C. The monoisotopic (exact) mass is 180 g/mol. The molecule has 2 aliphatic carbocycles. The van der Waals surface area contributed by atoms with E-state index in [2.05, 4.69) is 41.5 Å². The van der Waals surface area contributed by atoms with Crippen molar-refractivity contribution in [3.63, 3.8) is 0 Å². The number of rotatable bonds is 3. The number of hydrogen-bond donors (Lipinski definition) is 0. The second kappa shape index (κ2) is 2.15. The summed E-state index contributed by atoms with van der Waals surface area (Å²) in [6, 6.07) is 0. The Morgan fingerprint density at radius 1 is 1.15 bits per heavy atom. The van der Waals surface area contributed by atoms with Crippen molar-refractivity contribution in [2.45, 2.75) is 54.4 Å². The summed E-state index contributed by atoms with van der Waals surface area (Å²) in [6.07, 6.45) is 2.92. The first kappa shape index (κ1) is 9.55. The average Bonchev–Trinajstić information content (AvgIpc) is 2.85. The van der Waals surface area contributed by atoms with E-state index in [4.69, 9.17) is 0 Å². The summed E-state index contributed by atoms with van der Waals surface area (Å²) in [5.41, 5.74) is 2.14. The molecular formula is C13H24. The van der Waals surface area contributed by atoms with Crippen molar-refractivity contribution in [3.8, 4) is 0 Å². The fourth-order valence-corrected chi connectivity index (χ4v) is 4.58. The highest BCUT2D eigenvalue weighted by atomic mass is 15.0. The molecule has 2 aliphatic rings. The highest BCUT2D eigenvalue weighted by Gasteiger charge is 2.94. The highest BCUT2D eigenvalue weighted by Crippen LogP contribution is 3.00. The summed E-state index contributed by atoms with van der Waals surface area (Å²) < 4.78 is 0. The van der Waals surface area contributed by atoms with Crippen LogP contribution in [-0.2, 0) is 0 Å². The van der Waals surface area contributed by atoms with Crippen LogP contribution in [0.15, 0.2) is 0 Å². The first-order valence-electron chi connectivity index (χ1n) is 5.87. The van der Waals surface area contributed by atoms with E-state index in [0.29, 0.717) is 5.41 Å². The highest BCUT2D eigenvalue weighted by molar-refractivity contribution is 5.42. The fraction of sp³-hybridized carbons (Fsp3) is 1.00. The maximum atomic E-state index is 2.48. The molecule has 3 atom stereocenters. The molecule has 0 nitrogen and oxygen atoms in total. The Labute approximate surface area is 83.1 Å². The molecule has 2 saturated carbocycles. The van der Waals surface area contributed by atoms with Gasteiger partial charge in [0.2, 0.25) is 0 Å². The zero-order valence-electron chi connectivity index (χ0n) is 10.1. The quantitative estimate of drug-likeness (QED) is 0.613. The number of hydrogen-bond acceptors (Lipinski definition) is 0. The first-order valence-corrected chi connectivity index (χ1v) is 5.87. The van der Waals surface area contributed by atoms with Crippen LogP contribution in [0.5, 0.6) is 0 Å². The van der Waals surface area contributed by atoms with Gasteiger partial charge in [0, 0.05) is 0 Å². The molecule has 3 unspecified atom stereocenters. The molecule has 76 valence electrons. The topological polar surface area (TPSA) is 0 Å². The van der Waals surface area contributed by atoms with Gasteiger partial charge in [-0.3, -0.25) is 0 Å². The minimum Gasteiger partial charge on any atom is -0.0648 e. The normalized spacial score (nSPS) is 47.3. The second-order valence-electron chi connectivity index (χ2n) is 6.24. The van der Waals surface area contributed by atoms with Gasteiger partial charge in [0.25, 0.3) is 0 Å². The van der Waals surface area contributed by atoms with E-state index in [1.54, 1.807) is 0 Å². The summed E-state index contributed by atoms with van der Waals surface area (Å²) in [5.74, 6) is 1.78. The molecule has 0 heteroatoms. The van der Waals surface area contributed by atoms with E-state index in [1.807, 2.05) is 0 Å². The minimum atomic E-state index is 0.651. The Balaban J connectivity index is 2.20. The van der Waals surface area contributed by atoms with E-state index in [1.165, 1.54) is 12.8 Å². The molecule has 2 rings (SSSR count). The van der Waals surface area contributed by atoms with Gasteiger partial charge in [-0.15, -0.1) is 0 Å². The van der Waals surface area contributed by atoms with Crippen LogP contribution >= 0.6 is 0 Å². The van der Waals surface area contributed by atoms with Gasteiger partial charge in [0.1, 0.15) is 0 Å². The Hall–Kier alpha value is 0. The van der Waals surface area contributed by atoms with Gasteiger partial charge in [-0.2, -0.15) is 0 Å². The fourth-order valence-electron chi connectivity index (χ4n) is 4.58. The predicted octanol–water partition coefficient (Wildman–Crippen LogP) is 4.10. The van der Waals surface area contributed by atoms with Crippen LogP contribution in [0.3, 0.4) is 0 Å². The van der Waals surface area contributed by atoms with Crippen LogP contribution in [0.2, 0.25) is 0 Å². The zero-order valence-corrected chi connectivity index (χ0v) is 10.1. The van der Waals surface area contributed by atoms with Crippen molar-refractivity contribution in [2.24, 2.45) is 28.1 Å². The van der Waals surface area contributed by atoms with E-state index in [9.17, 15) is 0 Å². The smallest absolute Gasteiger partial charge is 0.0145 e. The molecule has 0 amide bonds. The lowest BCUT2D eigenvalue weighted by Crippen LogP contribution is -2.20. The Morgan fingerprint density at radius 2 is 1.69 bits per heavy atom. The van der Waals surface area contributed by atoms with Crippen LogP contribution in [0, 0.1) is 28.1 Å². The van der Waals surface area contributed by atoms with Crippen molar-refractivity contribution in [3.05, 3.63) is 0 Å². The van der Waals surface area contributed by atoms with E-state index >= 15 is 0 Å². The van der Waals surface area contributed by atoms with Crippen molar-refractivity contribution >= 4 is 0 Å². The molecular weight excluding hydrogens is 156 g/mol. The third-order valence-corrected chi connectivity index (χ3v) is 5.94. The third kappa shape index (κ3) is 0.680. The van der Waals surface area contributed by atoms with Gasteiger partial charge >= 0.3 is 0 Å². The second-order valence-corrected chi connectivity index (χ2v) is 6.24. The van der Waals surface area contributed by atoms with E-state index in [0.717, 1.165) is 22.7 Å². The van der Waals surface area contributed by atoms with Gasteiger partial charge in [-0.25, -0.2) is 0 Å². The lowest BCUT2D eigenvalue weighted by atomic mass is 9.78. The molecule has 0 radical (unpaired) electrons. The largest absolute Gasteiger partial charge is 0.0648 e. The molecule has 2 fully saturated rings. The molecule has 0 saturated heterocycles. The lowest BCUT2D eigenvalue weighted by molar-refractivity contribution is 0.218. The average molecular weight is 180 g/mol. The summed E-state index contributed by atoms with van der Waals surface area (Å²) in [7, 11) is 0. The van der Waals surface area contributed by atoms with E-state index < -0.39 is 0 Å². The maximum absolute atomic E-state index is 2.48. The third-order valence-electron chi connectivity index (χ3n) is 5.94. The molecule has 0 bridgehead atoms. The van der Waals surface area contributed by atoms with Gasteiger partial charge in [-0.05, 0) is 40.9 Å². The summed E-state index contributed by atoms with van der Waals surface area (Å²) in [4.78, 5) is 0. The molecule has 0 aliphatic heterocycles. The minimum absolute atomic E-state index is 0.651. The van der Waals surface area contributed by atoms with E-state index in [-0.39, 0.29) is 0 Å². The summed E-state index contributed by atoms with van der Waals surface area (Å²) in [6.45, 7) is 14.6. The number of fused-ring (bicyclic) bond motifs is 1. The zero-order chi connectivity index (χ0) is 10.1. The molecule has 13 heavy (non-hydrogen) atoms. The molecule has 0 N–H and O–H groups in total. The van der Waals surface area contributed by atoms with Crippen molar-refractivity contribution < 1.29 is 0 Å². The predicted molar refractivity (Wildman–Crippen MR) is 57.6 cm³/mol.